The molecule has 1 heterocycles. The number of hydrogen-bond donors (Lipinski definition) is 0. The highest BCUT2D eigenvalue weighted by Crippen LogP contribution is 2.50. The predicted octanol–water partition coefficient (Wildman–Crippen LogP) is 7.64. The van der Waals surface area contributed by atoms with Crippen molar-refractivity contribution in [3.05, 3.63) is 71.1 Å². The second-order valence-electron chi connectivity index (χ2n) is 8.01. The second kappa shape index (κ2) is 11.0. The van der Waals surface area contributed by atoms with E-state index in [1.165, 1.54) is 10.6 Å². The van der Waals surface area contributed by atoms with Crippen molar-refractivity contribution in [2.75, 3.05) is 33.3 Å². The SMILES string of the molecule is CCC1=C(CC)N(c2c(-c3cc(OC)cc(OC)c3)cccc2-c2cc(OC)cc(OC)c2)[C]S1. The van der Waals surface area contributed by atoms with Gasteiger partial charge in [0, 0.05) is 33.9 Å². The van der Waals surface area contributed by atoms with E-state index in [2.05, 4.69) is 42.8 Å². The number of allylic oxidation sites excluding steroid dienone is 2. The molecule has 4 rings (SSSR count). The van der Waals surface area contributed by atoms with Gasteiger partial charge in [-0.1, -0.05) is 43.8 Å². The summed E-state index contributed by atoms with van der Waals surface area (Å²) in [4.78, 5) is 3.55. The van der Waals surface area contributed by atoms with Crippen LogP contribution in [-0.4, -0.2) is 28.4 Å². The smallest absolute Gasteiger partial charge is 0.169 e. The topological polar surface area (TPSA) is 40.2 Å². The third-order valence-corrected chi connectivity index (χ3v) is 7.14. The summed E-state index contributed by atoms with van der Waals surface area (Å²) in [5, 5.41) is 0. The quantitative estimate of drug-likeness (QED) is 0.308. The van der Waals surface area contributed by atoms with Gasteiger partial charge < -0.3 is 23.8 Å². The number of para-hydroxylation sites is 1. The number of thioether (sulfide) groups is 1. The van der Waals surface area contributed by atoms with Crippen LogP contribution in [0.3, 0.4) is 0 Å². The molecule has 3 aromatic rings. The van der Waals surface area contributed by atoms with Crippen molar-refractivity contribution in [1.82, 2.24) is 0 Å². The molecule has 35 heavy (non-hydrogen) atoms. The monoisotopic (exact) mass is 489 g/mol. The molecular formula is C29H31NO4S. The van der Waals surface area contributed by atoms with Crippen molar-refractivity contribution in [2.45, 2.75) is 26.7 Å². The van der Waals surface area contributed by atoms with Crippen LogP contribution in [0.1, 0.15) is 26.7 Å². The van der Waals surface area contributed by atoms with E-state index in [0.717, 1.165) is 63.8 Å². The molecule has 0 saturated carbocycles. The molecule has 3 aromatic carbocycles. The van der Waals surface area contributed by atoms with Crippen molar-refractivity contribution in [1.29, 1.82) is 0 Å². The fraction of sp³-hybridized carbons (Fsp3) is 0.276. The Morgan fingerprint density at radius 3 is 1.51 bits per heavy atom. The second-order valence-corrected chi connectivity index (χ2v) is 8.89. The molecule has 0 saturated heterocycles. The molecule has 2 radical (unpaired) electrons. The highest BCUT2D eigenvalue weighted by molar-refractivity contribution is 8.05. The van der Waals surface area contributed by atoms with Gasteiger partial charge in [0.2, 0.25) is 0 Å². The first-order valence-electron chi connectivity index (χ1n) is 11.6. The lowest BCUT2D eigenvalue weighted by Gasteiger charge is -2.27. The predicted molar refractivity (Wildman–Crippen MR) is 144 cm³/mol. The number of benzene rings is 3. The lowest BCUT2D eigenvalue weighted by atomic mass is 9.94. The highest BCUT2D eigenvalue weighted by Gasteiger charge is 2.28. The molecule has 0 fully saturated rings. The molecule has 0 bridgehead atoms. The normalized spacial score (nSPS) is 13.3. The maximum absolute atomic E-state index is 5.58. The summed E-state index contributed by atoms with van der Waals surface area (Å²) in [5.41, 5.74) is 6.41. The van der Waals surface area contributed by atoms with E-state index in [9.17, 15) is 0 Å². The first-order valence-corrected chi connectivity index (χ1v) is 12.4. The molecule has 0 spiro atoms. The molecule has 0 aromatic heterocycles. The van der Waals surface area contributed by atoms with Crippen LogP contribution in [-0.2, 0) is 0 Å². The van der Waals surface area contributed by atoms with Gasteiger partial charge in [-0.15, -0.1) is 0 Å². The molecule has 1 aliphatic rings. The average molecular weight is 490 g/mol. The highest BCUT2D eigenvalue weighted by atomic mass is 32.2. The van der Waals surface area contributed by atoms with Gasteiger partial charge in [-0.2, -0.15) is 0 Å². The molecule has 182 valence electrons. The molecule has 0 aliphatic carbocycles. The minimum absolute atomic E-state index is 0.739. The lowest BCUT2D eigenvalue weighted by Crippen LogP contribution is -2.16. The minimum Gasteiger partial charge on any atom is -0.497 e. The van der Waals surface area contributed by atoms with Gasteiger partial charge >= 0.3 is 0 Å². The number of ether oxygens (including phenoxy) is 4. The molecule has 0 N–H and O–H groups in total. The Bertz CT molecular complexity index is 1120. The van der Waals surface area contributed by atoms with Crippen molar-refractivity contribution in [2.24, 2.45) is 0 Å². The van der Waals surface area contributed by atoms with E-state index in [4.69, 9.17) is 18.9 Å². The van der Waals surface area contributed by atoms with E-state index < -0.39 is 0 Å². The van der Waals surface area contributed by atoms with Gasteiger partial charge in [-0.3, -0.25) is 0 Å². The number of hydrogen-bond acceptors (Lipinski definition) is 6. The van der Waals surface area contributed by atoms with E-state index in [1.807, 2.05) is 36.4 Å². The molecular weight excluding hydrogens is 458 g/mol. The third-order valence-electron chi connectivity index (χ3n) is 6.09. The fourth-order valence-corrected chi connectivity index (χ4v) is 5.23. The Morgan fingerprint density at radius 1 is 0.686 bits per heavy atom. The molecule has 5 nitrogen and oxygen atoms in total. The van der Waals surface area contributed by atoms with Crippen LogP contribution in [0.4, 0.5) is 5.69 Å². The summed E-state index contributed by atoms with van der Waals surface area (Å²) in [5.74, 6) is 6.52. The van der Waals surface area contributed by atoms with Crippen LogP contribution in [0.5, 0.6) is 23.0 Å². The minimum atomic E-state index is 0.739. The maximum atomic E-state index is 5.58. The van der Waals surface area contributed by atoms with Crippen molar-refractivity contribution < 1.29 is 18.9 Å². The Morgan fingerprint density at radius 2 is 1.14 bits per heavy atom. The summed E-state index contributed by atoms with van der Waals surface area (Å²) in [6, 6.07) is 18.3. The fourth-order valence-electron chi connectivity index (χ4n) is 4.33. The molecule has 0 unspecified atom stereocenters. The van der Waals surface area contributed by atoms with Gasteiger partial charge in [0.05, 0.1) is 34.1 Å². The zero-order chi connectivity index (χ0) is 24.9. The van der Waals surface area contributed by atoms with Crippen LogP contribution in [0.15, 0.2) is 65.2 Å². The standard InChI is InChI=1S/C29H31NO4S/c1-7-27-28(8-2)35-18-30(27)29-25(19-12-21(31-3)16-22(13-19)32-4)10-9-11-26(29)20-14-23(33-5)17-24(15-20)34-6/h9-17H,7-8H2,1-6H3. The number of rotatable bonds is 9. The average Bonchev–Trinajstić information content (AvgIpc) is 3.34. The maximum Gasteiger partial charge on any atom is 0.169 e. The Labute approximate surface area is 212 Å². The van der Waals surface area contributed by atoms with Gasteiger partial charge in [0.1, 0.15) is 23.0 Å². The molecule has 6 heteroatoms. The number of anilines is 1. The Kier molecular flexibility index (Phi) is 7.81. The largest absolute Gasteiger partial charge is 0.497 e. The molecule has 0 amide bonds. The third kappa shape index (κ3) is 4.94. The van der Waals surface area contributed by atoms with Gasteiger partial charge in [-0.05, 0) is 48.2 Å². The van der Waals surface area contributed by atoms with Crippen molar-refractivity contribution in [3.8, 4) is 45.3 Å². The van der Waals surface area contributed by atoms with Crippen LogP contribution in [0, 0.1) is 5.88 Å². The zero-order valence-corrected chi connectivity index (χ0v) is 21.9. The van der Waals surface area contributed by atoms with Gasteiger partial charge in [0.15, 0.2) is 5.88 Å². The van der Waals surface area contributed by atoms with Gasteiger partial charge in [0.25, 0.3) is 0 Å². The van der Waals surface area contributed by atoms with Crippen molar-refractivity contribution in [3.63, 3.8) is 0 Å². The first kappa shape index (κ1) is 24.9. The summed E-state index contributed by atoms with van der Waals surface area (Å²) in [7, 11) is 6.68. The van der Waals surface area contributed by atoms with Crippen LogP contribution >= 0.6 is 11.8 Å². The van der Waals surface area contributed by atoms with E-state index in [0.29, 0.717) is 0 Å². The summed E-state index contributed by atoms with van der Waals surface area (Å²) < 4.78 is 22.3. The summed E-state index contributed by atoms with van der Waals surface area (Å²) >= 11 is 1.67. The van der Waals surface area contributed by atoms with Crippen LogP contribution in [0.2, 0.25) is 0 Å². The Balaban J connectivity index is 2.02. The molecule has 0 atom stereocenters. The van der Waals surface area contributed by atoms with E-state index in [1.54, 1.807) is 40.2 Å². The van der Waals surface area contributed by atoms with Crippen LogP contribution in [0.25, 0.3) is 22.3 Å². The van der Waals surface area contributed by atoms with Gasteiger partial charge in [-0.25, -0.2) is 0 Å². The zero-order valence-electron chi connectivity index (χ0n) is 21.1. The number of methoxy groups -OCH3 is 4. The summed E-state index contributed by atoms with van der Waals surface area (Å²) in [6.07, 6.45) is 1.87. The van der Waals surface area contributed by atoms with Crippen molar-refractivity contribution >= 4 is 17.4 Å². The Hall–Kier alpha value is -3.25. The van der Waals surface area contributed by atoms with E-state index in [-0.39, 0.29) is 0 Å². The summed E-state index contributed by atoms with van der Waals surface area (Å²) in [6.45, 7) is 4.38. The number of nitrogens with zero attached hydrogens (tertiary/aromatic N) is 1. The first-order chi connectivity index (χ1) is 17.1. The lowest BCUT2D eigenvalue weighted by molar-refractivity contribution is 0.394. The molecule has 1 aliphatic heterocycles. The van der Waals surface area contributed by atoms with E-state index >= 15 is 0 Å². The van der Waals surface area contributed by atoms with Crippen LogP contribution < -0.4 is 23.8 Å².